The maximum atomic E-state index is 15.1. The second kappa shape index (κ2) is 9.30. The molecule has 0 bridgehead atoms. The van der Waals surface area contributed by atoms with Gasteiger partial charge in [-0.2, -0.15) is 0 Å². The summed E-state index contributed by atoms with van der Waals surface area (Å²) in [6.07, 6.45) is 0.474. The highest BCUT2D eigenvalue weighted by atomic mass is 19.1. The number of imide groups is 1. The van der Waals surface area contributed by atoms with Gasteiger partial charge >= 0.3 is 0 Å². The molecule has 2 aromatic rings. The monoisotopic (exact) mass is 480 g/mol. The van der Waals surface area contributed by atoms with Gasteiger partial charge in [-0.15, -0.1) is 0 Å². The number of carbonyl (C=O) groups is 3. The summed E-state index contributed by atoms with van der Waals surface area (Å²) in [6, 6.07) is 8.47. The molecule has 3 aliphatic rings. The summed E-state index contributed by atoms with van der Waals surface area (Å²) >= 11 is 0. The molecule has 0 saturated carbocycles. The van der Waals surface area contributed by atoms with E-state index >= 15 is 4.39 Å². The third kappa shape index (κ3) is 4.36. The minimum atomic E-state index is -0.707. The van der Waals surface area contributed by atoms with Crippen molar-refractivity contribution >= 4 is 23.4 Å². The molecule has 35 heavy (non-hydrogen) atoms. The number of piperidine rings is 1. The van der Waals surface area contributed by atoms with Gasteiger partial charge in [0.05, 0.1) is 12.8 Å². The third-order valence-electron chi connectivity index (χ3n) is 7.20. The molecule has 2 fully saturated rings. The summed E-state index contributed by atoms with van der Waals surface area (Å²) in [4.78, 5) is 42.4. The molecule has 3 heterocycles. The Morgan fingerprint density at radius 1 is 1.11 bits per heavy atom. The molecular formula is C26H29FN4O4. The minimum Gasteiger partial charge on any atom is -0.496 e. The number of hydrogen-bond donors (Lipinski definition) is 1. The van der Waals surface area contributed by atoms with E-state index in [0.29, 0.717) is 29.9 Å². The SMILES string of the molecule is COc1c(C)cccc1CN1CCN(c2cc3c(cc2F)C(=O)N(C2CCC(=O)NC2=O)C3)CC1. The van der Waals surface area contributed by atoms with Gasteiger partial charge in [-0.05, 0) is 36.6 Å². The van der Waals surface area contributed by atoms with Crippen LogP contribution in [-0.4, -0.2) is 66.9 Å². The maximum absolute atomic E-state index is 15.1. The van der Waals surface area contributed by atoms with Crippen molar-refractivity contribution in [3.05, 3.63) is 58.4 Å². The summed E-state index contributed by atoms with van der Waals surface area (Å²) in [5.41, 5.74) is 3.72. The number of nitrogens with one attached hydrogen (secondary N) is 1. The van der Waals surface area contributed by atoms with Crippen LogP contribution in [0.25, 0.3) is 0 Å². The van der Waals surface area contributed by atoms with Gasteiger partial charge in [0.1, 0.15) is 17.6 Å². The lowest BCUT2D eigenvalue weighted by molar-refractivity contribution is -0.136. The number of amides is 3. The number of halogens is 1. The van der Waals surface area contributed by atoms with Gasteiger partial charge in [0.25, 0.3) is 5.91 Å². The molecule has 1 N–H and O–H groups in total. The molecule has 2 aromatic carbocycles. The smallest absolute Gasteiger partial charge is 0.255 e. The van der Waals surface area contributed by atoms with Crippen molar-refractivity contribution in [2.75, 3.05) is 38.2 Å². The molecule has 9 heteroatoms. The Morgan fingerprint density at radius 3 is 2.60 bits per heavy atom. The summed E-state index contributed by atoms with van der Waals surface area (Å²) < 4.78 is 20.7. The number of hydrogen-bond acceptors (Lipinski definition) is 6. The van der Waals surface area contributed by atoms with Crippen molar-refractivity contribution in [1.82, 2.24) is 15.1 Å². The highest BCUT2D eigenvalue weighted by Gasteiger charge is 2.40. The zero-order chi connectivity index (χ0) is 24.7. The maximum Gasteiger partial charge on any atom is 0.255 e. The number of benzene rings is 2. The first-order valence-corrected chi connectivity index (χ1v) is 11.9. The molecule has 5 rings (SSSR count). The van der Waals surface area contributed by atoms with Crippen LogP contribution < -0.4 is 15.0 Å². The second-order valence-electron chi connectivity index (χ2n) is 9.39. The zero-order valence-electron chi connectivity index (χ0n) is 20.0. The number of piperazine rings is 1. The molecule has 3 amide bonds. The van der Waals surface area contributed by atoms with Crippen LogP contribution in [0.15, 0.2) is 30.3 Å². The summed E-state index contributed by atoms with van der Waals surface area (Å²) in [7, 11) is 1.69. The Morgan fingerprint density at radius 2 is 1.89 bits per heavy atom. The number of fused-ring (bicyclic) bond motifs is 1. The van der Waals surface area contributed by atoms with E-state index in [0.717, 1.165) is 36.5 Å². The number of methoxy groups -OCH3 is 1. The van der Waals surface area contributed by atoms with Crippen molar-refractivity contribution in [2.24, 2.45) is 0 Å². The molecule has 0 aliphatic carbocycles. The molecule has 8 nitrogen and oxygen atoms in total. The lowest BCUT2D eigenvalue weighted by atomic mass is 10.0. The van der Waals surface area contributed by atoms with Crippen LogP contribution in [0.2, 0.25) is 0 Å². The lowest BCUT2D eigenvalue weighted by Crippen LogP contribution is -2.52. The number of ether oxygens (including phenoxy) is 1. The van der Waals surface area contributed by atoms with E-state index in [2.05, 4.69) is 16.3 Å². The number of carbonyl (C=O) groups excluding carboxylic acids is 3. The molecule has 1 atom stereocenters. The van der Waals surface area contributed by atoms with Gasteiger partial charge in [-0.25, -0.2) is 4.39 Å². The van der Waals surface area contributed by atoms with Gasteiger partial charge in [-0.1, -0.05) is 18.2 Å². The third-order valence-corrected chi connectivity index (χ3v) is 7.20. The average molecular weight is 481 g/mol. The topological polar surface area (TPSA) is 82.2 Å². The van der Waals surface area contributed by atoms with E-state index in [1.54, 1.807) is 13.2 Å². The van der Waals surface area contributed by atoms with Gasteiger partial charge < -0.3 is 14.5 Å². The Balaban J connectivity index is 1.27. The fourth-order valence-electron chi connectivity index (χ4n) is 5.34. The highest BCUT2D eigenvalue weighted by Crippen LogP contribution is 2.33. The normalized spacial score (nSPS) is 20.8. The summed E-state index contributed by atoms with van der Waals surface area (Å²) in [6.45, 7) is 5.90. The number of nitrogens with zero attached hydrogens (tertiary/aromatic N) is 3. The Kier molecular flexibility index (Phi) is 6.19. The van der Waals surface area contributed by atoms with Crippen LogP contribution in [0.5, 0.6) is 5.75 Å². The fourth-order valence-corrected chi connectivity index (χ4v) is 5.34. The van der Waals surface area contributed by atoms with Crippen LogP contribution in [0.4, 0.5) is 10.1 Å². The van der Waals surface area contributed by atoms with Crippen molar-refractivity contribution < 1.29 is 23.5 Å². The average Bonchev–Trinajstić information content (AvgIpc) is 3.14. The van der Waals surface area contributed by atoms with E-state index in [1.807, 2.05) is 24.0 Å². The van der Waals surface area contributed by atoms with E-state index in [1.165, 1.54) is 11.0 Å². The molecule has 3 aliphatic heterocycles. The standard InChI is InChI=1S/C26H29FN4O4/c1-16-4-3-5-17(24(16)35-2)14-29-8-10-30(11-9-29)22-12-18-15-31(26(34)19(18)13-20(22)27)21-6-7-23(32)28-25(21)33/h3-5,12-13,21H,6-11,14-15H2,1-2H3,(H,28,32,33). The largest absolute Gasteiger partial charge is 0.496 e. The molecular weight excluding hydrogens is 451 g/mol. The van der Waals surface area contributed by atoms with Gasteiger partial charge in [0.2, 0.25) is 11.8 Å². The van der Waals surface area contributed by atoms with E-state index < -0.39 is 17.8 Å². The molecule has 1 unspecified atom stereocenters. The van der Waals surface area contributed by atoms with Crippen LogP contribution in [0.3, 0.4) is 0 Å². The number of anilines is 1. The fraction of sp³-hybridized carbons (Fsp3) is 0.423. The first-order valence-electron chi connectivity index (χ1n) is 11.9. The first kappa shape index (κ1) is 23.3. The van der Waals surface area contributed by atoms with Crippen molar-refractivity contribution in [2.45, 2.75) is 38.9 Å². The van der Waals surface area contributed by atoms with Crippen LogP contribution >= 0.6 is 0 Å². The van der Waals surface area contributed by atoms with Crippen LogP contribution in [-0.2, 0) is 22.7 Å². The molecule has 184 valence electrons. The predicted octanol–water partition coefficient (Wildman–Crippen LogP) is 2.23. The highest BCUT2D eigenvalue weighted by molar-refractivity contribution is 6.05. The Labute approximate surface area is 203 Å². The Bertz CT molecular complexity index is 1190. The molecule has 2 saturated heterocycles. The van der Waals surface area contributed by atoms with Crippen molar-refractivity contribution in [3.63, 3.8) is 0 Å². The van der Waals surface area contributed by atoms with Gasteiger partial charge in [-0.3, -0.25) is 24.6 Å². The van der Waals surface area contributed by atoms with Gasteiger partial charge in [0, 0.05) is 56.8 Å². The summed E-state index contributed by atoms with van der Waals surface area (Å²) in [5.74, 6) is -0.689. The number of aryl methyl sites for hydroxylation is 1. The minimum absolute atomic E-state index is 0.189. The molecule has 0 aromatic heterocycles. The van der Waals surface area contributed by atoms with Crippen molar-refractivity contribution in [3.8, 4) is 5.75 Å². The summed E-state index contributed by atoms with van der Waals surface area (Å²) in [5, 5.41) is 2.29. The predicted molar refractivity (Wildman–Crippen MR) is 128 cm³/mol. The van der Waals surface area contributed by atoms with Crippen LogP contribution in [0.1, 0.15) is 39.9 Å². The first-order chi connectivity index (χ1) is 16.9. The number of rotatable bonds is 5. The lowest BCUT2D eigenvalue weighted by Gasteiger charge is -2.36. The van der Waals surface area contributed by atoms with Crippen LogP contribution in [0, 0.1) is 12.7 Å². The van der Waals surface area contributed by atoms with E-state index in [-0.39, 0.29) is 31.2 Å². The van der Waals surface area contributed by atoms with Gasteiger partial charge in [0.15, 0.2) is 0 Å². The van der Waals surface area contributed by atoms with Crippen molar-refractivity contribution in [1.29, 1.82) is 0 Å². The zero-order valence-corrected chi connectivity index (χ0v) is 20.0. The van der Waals surface area contributed by atoms with E-state index in [9.17, 15) is 14.4 Å². The molecule has 0 spiro atoms. The molecule has 0 radical (unpaired) electrons. The second-order valence-corrected chi connectivity index (χ2v) is 9.39. The Hall–Kier alpha value is -3.46. The number of para-hydroxylation sites is 1. The van der Waals surface area contributed by atoms with E-state index in [4.69, 9.17) is 4.74 Å². The quantitative estimate of drug-likeness (QED) is 0.661.